The van der Waals surface area contributed by atoms with Crippen LogP contribution >= 0.6 is 0 Å². The van der Waals surface area contributed by atoms with Crippen molar-refractivity contribution in [3.8, 4) is 0 Å². The summed E-state index contributed by atoms with van der Waals surface area (Å²) in [6.07, 6.45) is 3.76. The fourth-order valence-electron chi connectivity index (χ4n) is 1.91. The summed E-state index contributed by atoms with van der Waals surface area (Å²) < 4.78 is 5.21. The van der Waals surface area contributed by atoms with Crippen molar-refractivity contribution in [3.63, 3.8) is 0 Å². The summed E-state index contributed by atoms with van der Waals surface area (Å²) in [5.41, 5.74) is 0.380. The summed E-state index contributed by atoms with van der Waals surface area (Å²) in [5, 5.41) is 7.42. The molecule has 1 N–H and O–H groups in total. The van der Waals surface area contributed by atoms with Crippen LogP contribution in [-0.4, -0.2) is 16.2 Å². The van der Waals surface area contributed by atoms with E-state index < -0.39 is 0 Å². The predicted octanol–water partition coefficient (Wildman–Crippen LogP) is 1.84. The van der Waals surface area contributed by atoms with Crippen molar-refractivity contribution in [3.05, 3.63) is 11.7 Å². The van der Waals surface area contributed by atoms with Gasteiger partial charge in [0.25, 0.3) is 0 Å². The van der Waals surface area contributed by atoms with E-state index in [0.717, 1.165) is 18.3 Å². The zero-order valence-corrected chi connectivity index (χ0v) is 9.29. The van der Waals surface area contributed by atoms with Gasteiger partial charge in [-0.15, -0.1) is 0 Å². The summed E-state index contributed by atoms with van der Waals surface area (Å²) in [6.45, 7) is 5.22. The van der Waals surface area contributed by atoms with Crippen LogP contribution in [0.3, 0.4) is 0 Å². The van der Waals surface area contributed by atoms with Crippen LogP contribution in [0.15, 0.2) is 4.52 Å². The van der Waals surface area contributed by atoms with Crippen LogP contribution in [0.25, 0.3) is 0 Å². The average molecular weight is 207 g/mol. The molecule has 4 heteroatoms. The van der Waals surface area contributed by atoms with E-state index in [9.17, 15) is 0 Å². The maximum atomic E-state index is 5.21. The molecular formula is C11H17N3O. The average Bonchev–Trinajstić information content (AvgIpc) is 3.06. The Kier molecular flexibility index (Phi) is 1.89. The van der Waals surface area contributed by atoms with Gasteiger partial charge in [-0.05, 0) is 24.7 Å². The minimum atomic E-state index is 0.380. The smallest absolute Gasteiger partial charge is 0.240 e. The van der Waals surface area contributed by atoms with Gasteiger partial charge < -0.3 is 9.84 Å². The topological polar surface area (TPSA) is 51.0 Å². The molecule has 4 nitrogen and oxygen atoms in total. The maximum absolute atomic E-state index is 5.21. The van der Waals surface area contributed by atoms with Crippen molar-refractivity contribution < 1.29 is 4.52 Å². The second-order valence-electron chi connectivity index (χ2n) is 5.45. The van der Waals surface area contributed by atoms with Crippen molar-refractivity contribution >= 4 is 0 Å². The van der Waals surface area contributed by atoms with Crippen molar-refractivity contribution in [2.24, 2.45) is 5.41 Å². The van der Waals surface area contributed by atoms with E-state index in [1.54, 1.807) is 0 Å². The third-order valence-electron chi connectivity index (χ3n) is 3.43. The number of rotatable bonds is 4. The van der Waals surface area contributed by atoms with E-state index >= 15 is 0 Å². The Hall–Kier alpha value is -0.900. The molecule has 0 amide bonds. The number of nitrogens with zero attached hydrogens (tertiary/aromatic N) is 2. The Labute approximate surface area is 89.4 Å². The van der Waals surface area contributed by atoms with E-state index in [0.29, 0.717) is 17.4 Å². The van der Waals surface area contributed by atoms with Gasteiger partial charge in [-0.1, -0.05) is 19.0 Å². The quantitative estimate of drug-likeness (QED) is 0.818. The lowest BCUT2D eigenvalue weighted by atomic mass is 10.1. The zero-order valence-electron chi connectivity index (χ0n) is 9.29. The van der Waals surface area contributed by atoms with Crippen LogP contribution in [0, 0.1) is 5.41 Å². The molecule has 0 aliphatic heterocycles. The molecule has 0 aromatic carbocycles. The van der Waals surface area contributed by atoms with Gasteiger partial charge in [-0.25, -0.2) is 0 Å². The summed E-state index contributed by atoms with van der Waals surface area (Å²) in [7, 11) is 0. The number of hydrogen-bond donors (Lipinski definition) is 1. The van der Waals surface area contributed by atoms with Crippen molar-refractivity contribution in [1.29, 1.82) is 0 Å². The van der Waals surface area contributed by atoms with Gasteiger partial charge >= 0.3 is 0 Å². The van der Waals surface area contributed by atoms with E-state index in [-0.39, 0.29) is 0 Å². The SMILES string of the molecule is CC1(C)CC1c1noc(CNC2CC2)n1. The molecule has 2 saturated carbocycles. The second kappa shape index (κ2) is 3.04. The van der Waals surface area contributed by atoms with Gasteiger partial charge in [0, 0.05) is 12.0 Å². The van der Waals surface area contributed by atoms with E-state index in [1.807, 2.05) is 0 Å². The Bertz CT molecular complexity index is 368. The van der Waals surface area contributed by atoms with Crippen LogP contribution in [0.2, 0.25) is 0 Å². The predicted molar refractivity (Wildman–Crippen MR) is 55.3 cm³/mol. The van der Waals surface area contributed by atoms with E-state index in [4.69, 9.17) is 4.52 Å². The molecule has 1 unspecified atom stereocenters. The molecular weight excluding hydrogens is 190 g/mol. The van der Waals surface area contributed by atoms with Gasteiger partial charge in [-0.2, -0.15) is 4.98 Å². The minimum absolute atomic E-state index is 0.380. The lowest BCUT2D eigenvalue weighted by Crippen LogP contribution is -2.15. The first kappa shape index (κ1) is 9.33. The van der Waals surface area contributed by atoms with Crippen LogP contribution in [0.5, 0.6) is 0 Å². The molecule has 2 fully saturated rings. The second-order valence-corrected chi connectivity index (χ2v) is 5.45. The first-order valence-corrected chi connectivity index (χ1v) is 5.71. The summed E-state index contributed by atoms with van der Waals surface area (Å²) in [4.78, 5) is 4.43. The van der Waals surface area contributed by atoms with E-state index in [1.165, 1.54) is 19.3 Å². The Morgan fingerprint density at radius 2 is 2.20 bits per heavy atom. The lowest BCUT2D eigenvalue weighted by Gasteiger charge is -1.96. The van der Waals surface area contributed by atoms with Gasteiger partial charge in [0.1, 0.15) is 0 Å². The fourth-order valence-corrected chi connectivity index (χ4v) is 1.91. The van der Waals surface area contributed by atoms with Crippen molar-refractivity contribution in [2.45, 2.75) is 51.6 Å². The molecule has 1 aromatic heterocycles. The van der Waals surface area contributed by atoms with Crippen molar-refractivity contribution in [1.82, 2.24) is 15.5 Å². The highest BCUT2D eigenvalue weighted by Gasteiger charge is 2.49. The molecule has 1 heterocycles. The number of nitrogens with one attached hydrogen (secondary N) is 1. The highest BCUT2D eigenvalue weighted by molar-refractivity contribution is 5.14. The zero-order chi connectivity index (χ0) is 10.5. The molecule has 0 saturated heterocycles. The molecule has 0 bridgehead atoms. The highest BCUT2D eigenvalue weighted by Crippen LogP contribution is 2.57. The van der Waals surface area contributed by atoms with Gasteiger partial charge in [-0.3, -0.25) is 0 Å². The molecule has 15 heavy (non-hydrogen) atoms. The monoisotopic (exact) mass is 207 g/mol. The van der Waals surface area contributed by atoms with Crippen LogP contribution in [0.4, 0.5) is 0 Å². The van der Waals surface area contributed by atoms with Gasteiger partial charge in [0.15, 0.2) is 5.82 Å². The lowest BCUT2D eigenvalue weighted by molar-refractivity contribution is 0.361. The molecule has 2 aliphatic rings. The molecule has 1 aromatic rings. The standard InChI is InChI=1S/C11H17N3O/c1-11(2)5-8(11)10-13-9(15-14-10)6-12-7-3-4-7/h7-8,12H,3-6H2,1-2H3. The Morgan fingerprint density at radius 3 is 2.80 bits per heavy atom. The Morgan fingerprint density at radius 1 is 1.47 bits per heavy atom. The van der Waals surface area contributed by atoms with Gasteiger partial charge in [0.2, 0.25) is 5.89 Å². The van der Waals surface area contributed by atoms with Gasteiger partial charge in [0.05, 0.1) is 6.54 Å². The molecule has 0 radical (unpaired) electrons. The molecule has 82 valence electrons. The van der Waals surface area contributed by atoms with Crippen LogP contribution < -0.4 is 5.32 Å². The minimum Gasteiger partial charge on any atom is -0.338 e. The first-order valence-electron chi connectivity index (χ1n) is 5.71. The highest BCUT2D eigenvalue weighted by atomic mass is 16.5. The normalized spacial score (nSPS) is 28.0. The maximum Gasteiger partial charge on any atom is 0.240 e. The number of hydrogen-bond acceptors (Lipinski definition) is 4. The Balaban J connectivity index is 1.60. The van der Waals surface area contributed by atoms with E-state index in [2.05, 4.69) is 29.3 Å². The molecule has 2 aliphatic carbocycles. The largest absolute Gasteiger partial charge is 0.338 e. The third-order valence-corrected chi connectivity index (χ3v) is 3.43. The third kappa shape index (κ3) is 1.91. The molecule has 1 atom stereocenters. The summed E-state index contributed by atoms with van der Waals surface area (Å²) in [5.74, 6) is 2.14. The first-order chi connectivity index (χ1) is 7.15. The molecule has 0 spiro atoms. The number of aromatic nitrogens is 2. The fraction of sp³-hybridized carbons (Fsp3) is 0.818. The van der Waals surface area contributed by atoms with Crippen LogP contribution in [-0.2, 0) is 6.54 Å². The molecule has 3 rings (SSSR count). The summed E-state index contributed by atoms with van der Waals surface area (Å²) in [6, 6.07) is 0.692. The van der Waals surface area contributed by atoms with Crippen molar-refractivity contribution in [2.75, 3.05) is 0 Å². The summed E-state index contributed by atoms with van der Waals surface area (Å²) >= 11 is 0. The van der Waals surface area contributed by atoms with Crippen LogP contribution in [0.1, 0.15) is 50.7 Å².